The number of hydrogen-bond donors (Lipinski definition) is 1. The van der Waals surface area contributed by atoms with E-state index in [1.807, 2.05) is 109 Å². The van der Waals surface area contributed by atoms with Crippen LogP contribution in [0.3, 0.4) is 0 Å². The minimum atomic E-state index is -1.63. The zero-order valence-electron chi connectivity index (χ0n) is 27.5. The number of ether oxygens (including phenoxy) is 2. The molecule has 4 atom stereocenters. The van der Waals surface area contributed by atoms with Gasteiger partial charge < -0.3 is 14.6 Å². The van der Waals surface area contributed by atoms with Gasteiger partial charge in [-0.2, -0.15) is 0 Å². The van der Waals surface area contributed by atoms with Gasteiger partial charge in [0.25, 0.3) is 0 Å². The van der Waals surface area contributed by atoms with Crippen LogP contribution in [0.4, 0.5) is 5.69 Å². The molecule has 8 rings (SSSR count). The van der Waals surface area contributed by atoms with Crippen molar-refractivity contribution in [1.82, 2.24) is 0 Å². The maximum atomic E-state index is 16.1. The highest BCUT2D eigenvalue weighted by Gasteiger charge is 2.82. The summed E-state index contributed by atoms with van der Waals surface area (Å²) in [6.07, 6.45) is 0. The lowest BCUT2D eigenvalue weighted by Crippen LogP contribution is -2.45. The molecule has 0 unspecified atom stereocenters. The largest absolute Gasteiger partial charge is 0.497 e. The molecule has 252 valence electrons. The van der Waals surface area contributed by atoms with Gasteiger partial charge >= 0.3 is 5.97 Å². The predicted molar refractivity (Wildman–Crippen MR) is 192 cm³/mol. The molecule has 2 aliphatic carbocycles. The summed E-state index contributed by atoms with van der Waals surface area (Å²) in [6.45, 7) is 0. The quantitative estimate of drug-likeness (QED) is 0.170. The van der Waals surface area contributed by atoms with Gasteiger partial charge in [0, 0.05) is 0 Å². The molecule has 1 N–H and O–H groups in total. The third-order valence-electron chi connectivity index (χ3n) is 10.6. The van der Waals surface area contributed by atoms with Gasteiger partial charge in [-0.15, -0.1) is 0 Å². The van der Waals surface area contributed by atoms with E-state index in [0.717, 1.165) is 4.90 Å². The van der Waals surface area contributed by atoms with Crippen molar-refractivity contribution < 1.29 is 33.8 Å². The number of rotatable bonds is 8. The van der Waals surface area contributed by atoms with Crippen LogP contribution in [0.2, 0.25) is 5.02 Å². The van der Waals surface area contributed by atoms with E-state index < -0.39 is 40.4 Å². The fourth-order valence-corrected chi connectivity index (χ4v) is 8.91. The van der Waals surface area contributed by atoms with Gasteiger partial charge in [0.1, 0.15) is 11.5 Å². The summed E-state index contributed by atoms with van der Waals surface area (Å²) in [5.74, 6) is -3.91. The van der Waals surface area contributed by atoms with E-state index in [1.54, 1.807) is 14.2 Å². The van der Waals surface area contributed by atoms with Crippen molar-refractivity contribution in [1.29, 1.82) is 0 Å². The number of halogens is 1. The Kier molecular flexibility index (Phi) is 7.47. The number of benzene rings is 5. The molecule has 2 amide bonds. The normalized spacial score (nSPS) is 23.5. The fourth-order valence-electron chi connectivity index (χ4n) is 8.71. The molecule has 0 aromatic heterocycles. The third-order valence-corrected chi connectivity index (χ3v) is 11.0. The molecule has 8 nitrogen and oxygen atoms in total. The molecule has 5 aromatic rings. The van der Waals surface area contributed by atoms with Crippen molar-refractivity contribution in [3.8, 4) is 11.5 Å². The average molecular weight is 696 g/mol. The van der Waals surface area contributed by atoms with Crippen LogP contribution >= 0.6 is 11.6 Å². The van der Waals surface area contributed by atoms with Gasteiger partial charge in [0.05, 0.1) is 53.2 Å². The molecule has 1 aliphatic heterocycles. The summed E-state index contributed by atoms with van der Waals surface area (Å²) < 4.78 is 11.0. The first kappa shape index (κ1) is 32.2. The van der Waals surface area contributed by atoms with E-state index >= 15 is 14.4 Å². The summed E-state index contributed by atoms with van der Waals surface area (Å²) in [7, 11) is 3.14. The topological polar surface area (TPSA) is 110 Å². The molecule has 3 aliphatic rings. The second kappa shape index (κ2) is 11.8. The van der Waals surface area contributed by atoms with Crippen LogP contribution in [0.5, 0.6) is 11.5 Å². The van der Waals surface area contributed by atoms with Crippen LogP contribution in [-0.4, -0.2) is 42.9 Å². The molecule has 5 aromatic carbocycles. The molecule has 0 spiro atoms. The number of fused-ring (bicyclic) bond motifs is 5. The molecule has 0 radical (unpaired) electrons. The van der Waals surface area contributed by atoms with Gasteiger partial charge in [-0.25, -0.2) is 9.69 Å². The first-order valence-corrected chi connectivity index (χ1v) is 16.7. The summed E-state index contributed by atoms with van der Waals surface area (Å²) in [4.78, 5) is 59.6. The van der Waals surface area contributed by atoms with Crippen LogP contribution in [0.1, 0.15) is 32.6 Å². The van der Waals surface area contributed by atoms with Gasteiger partial charge in [-0.3, -0.25) is 14.4 Å². The Bertz CT molecular complexity index is 2160. The standard InChI is InChI=1S/C42H30ClNO7/c1-50-29-18-13-24(14-19-29)33-34(25-15-20-30(51-2)21-16-25)42(27-11-7-4-8-12-27)36-35(41(33,40(42)49)26-9-5-3-6-10-26)37(45)44(38(36)46)28-17-22-32(43)31(23-28)39(47)48/h3-23,35-36H,1-2H3,(H,47,48)/t35-,36+,41+,42-. The number of aromatic carboxylic acids is 1. The summed E-state index contributed by atoms with van der Waals surface area (Å²) in [6, 6.07) is 37.1. The van der Waals surface area contributed by atoms with Crippen molar-refractivity contribution in [2.45, 2.75) is 10.8 Å². The molecule has 2 bridgehead atoms. The first-order valence-electron chi connectivity index (χ1n) is 16.3. The van der Waals surface area contributed by atoms with Crippen molar-refractivity contribution in [2.24, 2.45) is 11.8 Å². The van der Waals surface area contributed by atoms with Crippen LogP contribution in [-0.2, 0) is 25.2 Å². The second-order valence-electron chi connectivity index (χ2n) is 12.8. The lowest BCUT2D eigenvalue weighted by Gasteiger charge is -2.39. The Morgan fingerprint density at radius 1 is 0.647 bits per heavy atom. The summed E-state index contributed by atoms with van der Waals surface area (Å²) >= 11 is 6.22. The number of ketones is 1. The van der Waals surface area contributed by atoms with E-state index in [1.165, 1.54) is 18.2 Å². The summed E-state index contributed by atoms with van der Waals surface area (Å²) in [5, 5.41) is 9.85. The van der Waals surface area contributed by atoms with Gasteiger partial charge in [0.2, 0.25) is 11.8 Å². The minimum Gasteiger partial charge on any atom is -0.497 e. The lowest BCUT2D eigenvalue weighted by atomic mass is 9.59. The van der Waals surface area contributed by atoms with Crippen molar-refractivity contribution >= 4 is 52.0 Å². The fraction of sp³-hybridized carbons (Fsp3) is 0.143. The molecular weight excluding hydrogens is 666 g/mol. The molecule has 9 heteroatoms. The maximum Gasteiger partial charge on any atom is 0.337 e. The van der Waals surface area contributed by atoms with E-state index in [0.29, 0.717) is 44.9 Å². The average Bonchev–Trinajstić information content (AvgIpc) is 3.68. The molecule has 1 saturated carbocycles. The van der Waals surface area contributed by atoms with Crippen molar-refractivity contribution in [3.05, 3.63) is 160 Å². The number of allylic oxidation sites excluding steroid dienone is 2. The van der Waals surface area contributed by atoms with E-state index in [9.17, 15) is 9.90 Å². The first-order chi connectivity index (χ1) is 24.7. The molecule has 51 heavy (non-hydrogen) atoms. The van der Waals surface area contributed by atoms with E-state index in [4.69, 9.17) is 21.1 Å². The number of carbonyl (C=O) groups is 4. The highest BCUT2D eigenvalue weighted by Crippen LogP contribution is 2.74. The number of imide groups is 1. The van der Waals surface area contributed by atoms with E-state index in [2.05, 4.69) is 0 Å². The number of anilines is 1. The molecule has 1 saturated heterocycles. The maximum absolute atomic E-state index is 16.1. The zero-order valence-corrected chi connectivity index (χ0v) is 28.3. The Morgan fingerprint density at radius 3 is 1.47 bits per heavy atom. The number of carboxylic acid groups (broad SMARTS) is 1. The molecule has 1 heterocycles. The van der Waals surface area contributed by atoms with Crippen LogP contribution in [0, 0.1) is 11.8 Å². The highest BCUT2D eigenvalue weighted by atomic mass is 35.5. The monoisotopic (exact) mass is 695 g/mol. The smallest absolute Gasteiger partial charge is 0.337 e. The Labute approximate surface area is 298 Å². The van der Waals surface area contributed by atoms with Crippen LogP contribution in [0.15, 0.2) is 127 Å². The number of methoxy groups -OCH3 is 2. The number of hydrogen-bond acceptors (Lipinski definition) is 6. The van der Waals surface area contributed by atoms with Crippen molar-refractivity contribution in [2.75, 3.05) is 19.1 Å². The zero-order chi connectivity index (χ0) is 35.7. The van der Waals surface area contributed by atoms with E-state index in [-0.39, 0.29) is 22.1 Å². The SMILES string of the molecule is COc1ccc(C2=C(c3ccc(OC)cc3)[C@]3(c4ccccc4)C(=O)[C@@]2(c2ccccc2)[C@@H]2C(=O)N(c4ccc(Cl)c(C(=O)O)c4)C(=O)[C@@H]23)cc1. The number of amides is 2. The lowest BCUT2D eigenvalue weighted by molar-refractivity contribution is -0.130. The number of nitrogens with zero attached hydrogens (tertiary/aromatic N) is 1. The van der Waals surface area contributed by atoms with Crippen LogP contribution in [0.25, 0.3) is 11.1 Å². The Morgan fingerprint density at radius 2 is 1.08 bits per heavy atom. The van der Waals surface area contributed by atoms with Gasteiger partial charge in [-0.05, 0) is 75.9 Å². The molecule has 2 fully saturated rings. The predicted octanol–water partition coefficient (Wildman–Crippen LogP) is 7.24. The Hall–Kier alpha value is -5.99. The second-order valence-corrected chi connectivity index (χ2v) is 13.2. The van der Waals surface area contributed by atoms with Crippen LogP contribution < -0.4 is 14.4 Å². The number of carboxylic acids is 1. The molecular formula is C42H30ClNO7. The van der Waals surface area contributed by atoms with Gasteiger partial charge in [0.15, 0.2) is 5.78 Å². The minimum absolute atomic E-state index is 0.0347. The highest BCUT2D eigenvalue weighted by molar-refractivity contribution is 6.39. The third kappa shape index (κ3) is 4.26. The number of carbonyl (C=O) groups excluding carboxylic acids is 3. The van der Waals surface area contributed by atoms with Gasteiger partial charge in [-0.1, -0.05) is 96.5 Å². The number of Topliss-reactive ketones (excluding diaryl/α,β-unsaturated/α-hetero) is 1. The Balaban J connectivity index is 1.52. The van der Waals surface area contributed by atoms with Crippen molar-refractivity contribution in [3.63, 3.8) is 0 Å². The summed E-state index contributed by atoms with van der Waals surface area (Å²) in [5.41, 5.74) is 0.300.